The summed E-state index contributed by atoms with van der Waals surface area (Å²) in [6, 6.07) is 25.6. The Bertz CT molecular complexity index is 1380. The zero-order valence-electron chi connectivity index (χ0n) is 17.0. The van der Waals surface area contributed by atoms with Crippen molar-refractivity contribution in [2.24, 2.45) is 0 Å². The Labute approximate surface area is 193 Å². The second kappa shape index (κ2) is 9.69. The van der Waals surface area contributed by atoms with Crippen molar-refractivity contribution in [1.82, 2.24) is 4.98 Å². The summed E-state index contributed by atoms with van der Waals surface area (Å²) in [4.78, 5) is 14.6. The number of nitrogens with zero attached hydrogens (tertiary/aromatic N) is 1. The van der Waals surface area contributed by atoms with Gasteiger partial charge in [-0.2, -0.15) is 0 Å². The molecule has 0 saturated carbocycles. The molecule has 5 rings (SSSR count). The molecule has 5 heteroatoms. The SMILES string of the molecule is CC(=O)/C=C(/C)O.[Ir].[c-]1ccccc1-c1nccc2c1ccc1c3ccccc3oc21. The van der Waals surface area contributed by atoms with Crippen LogP contribution in [0.15, 0.2) is 89.2 Å². The minimum Gasteiger partial charge on any atom is -0.512 e. The number of carbonyl (C=O) groups excluding carboxylic acids is 1. The summed E-state index contributed by atoms with van der Waals surface area (Å²) in [7, 11) is 0. The second-order valence-electron chi connectivity index (χ2n) is 6.97. The van der Waals surface area contributed by atoms with Gasteiger partial charge in [0.1, 0.15) is 11.2 Å². The molecule has 0 atom stereocenters. The quantitative estimate of drug-likeness (QED) is 0.143. The summed E-state index contributed by atoms with van der Waals surface area (Å²) in [5.74, 6) is -0.0625. The molecule has 31 heavy (non-hydrogen) atoms. The predicted molar refractivity (Wildman–Crippen MR) is 120 cm³/mol. The maximum atomic E-state index is 10.0. The van der Waals surface area contributed by atoms with Crippen LogP contribution in [0.5, 0.6) is 0 Å². The molecular formula is C26H20IrNO3-. The van der Waals surface area contributed by atoms with Gasteiger partial charge in [0.25, 0.3) is 0 Å². The summed E-state index contributed by atoms with van der Waals surface area (Å²) < 4.78 is 6.12. The molecule has 1 radical (unpaired) electrons. The number of rotatable bonds is 2. The van der Waals surface area contributed by atoms with Gasteiger partial charge in [0.05, 0.1) is 5.76 Å². The second-order valence-corrected chi connectivity index (χ2v) is 6.97. The zero-order chi connectivity index (χ0) is 21.1. The smallest absolute Gasteiger partial charge is 0.155 e. The third kappa shape index (κ3) is 4.74. The molecule has 5 aromatic rings. The van der Waals surface area contributed by atoms with Crippen molar-refractivity contribution in [2.75, 3.05) is 0 Å². The number of aliphatic hydroxyl groups excluding tert-OH is 1. The normalized spacial score (nSPS) is 11.1. The minimum atomic E-state index is -0.125. The summed E-state index contributed by atoms with van der Waals surface area (Å²) in [6.45, 7) is 2.85. The molecule has 0 fully saturated rings. The molecule has 0 amide bonds. The first-order valence-electron chi connectivity index (χ1n) is 9.58. The topological polar surface area (TPSA) is 63.3 Å². The number of hydrogen-bond acceptors (Lipinski definition) is 4. The van der Waals surface area contributed by atoms with Gasteiger partial charge in [0.2, 0.25) is 0 Å². The van der Waals surface area contributed by atoms with E-state index in [2.05, 4.69) is 29.2 Å². The fraction of sp³-hybridized carbons (Fsp3) is 0.0769. The van der Waals surface area contributed by atoms with E-state index in [1.165, 1.54) is 19.9 Å². The Morgan fingerprint density at radius 2 is 1.65 bits per heavy atom. The fourth-order valence-electron chi connectivity index (χ4n) is 3.49. The van der Waals surface area contributed by atoms with E-state index in [9.17, 15) is 4.79 Å². The number of carbonyl (C=O) groups is 1. The van der Waals surface area contributed by atoms with Crippen LogP contribution >= 0.6 is 0 Å². The molecule has 157 valence electrons. The first-order chi connectivity index (χ1) is 14.5. The Morgan fingerprint density at radius 1 is 0.935 bits per heavy atom. The summed E-state index contributed by atoms with van der Waals surface area (Å²) in [6.07, 6.45) is 3.01. The molecule has 0 aliphatic carbocycles. The van der Waals surface area contributed by atoms with Gasteiger partial charge in [-0.15, -0.1) is 35.9 Å². The van der Waals surface area contributed by atoms with E-state index in [1.54, 1.807) is 0 Å². The van der Waals surface area contributed by atoms with E-state index in [-0.39, 0.29) is 31.6 Å². The van der Waals surface area contributed by atoms with Crippen LogP contribution in [-0.2, 0) is 24.9 Å². The molecule has 0 aliphatic heterocycles. The van der Waals surface area contributed by atoms with Crippen molar-refractivity contribution in [3.63, 3.8) is 0 Å². The summed E-state index contributed by atoms with van der Waals surface area (Å²) >= 11 is 0. The van der Waals surface area contributed by atoms with Gasteiger partial charge in [-0.3, -0.25) is 4.79 Å². The minimum absolute atomic E-state index is 0. The number of furan rings is 1. The van der Waals surface area contributed by atoms with Gasteiger partial charge in [0.15, 0.2) is 5.78 Å². The van der Waals surface area contributed by atoms with Crippen LogP contribution in [0.25, 0.3) is 44.0 Å². The Kier molecular flexibility index (Phi) is 7.01. The number of aromatic nitrogens is 1. The molecule has 1 N–H and O–H groups in total. The van der Waals surface area contributed by atoms with Gasteiger partial charge >= 0.3 is 0 Å². The summed E-state index contributed by atoms with van der Waals surface area (Å²) in [5, 5.41) is 12.8. The monoisotopic (exact) mass is 587 g/mol. The van der Waals surface area contributed by atoms with Crippen LogP contribution < -0.4 is 0 Å². The molecule has 2 heterocycles. The van der Waals surface area contributed by atoms with Crippen molar-refractivity contribution in [1.29, 1.82) is 0 Å². The molecule has 2 aromatic heterocycles. The Morgan fingerprint density at radius 3 is 2.32 bits per heavy atom. The molecule has 4 nitrogen and oxygen atoms in total. The van der Waals surface area contributed by atoms with Crippen molar-refractivity contribution in [3.05, 3.63) is 90.8 Å². The summed E-state index contributed by atoms with van der Waals surface area (Å²) in [5.41, 5.74) is 3.77. The maximum absolute atomic E-state index is 10.0. The molecule has 0 aliphatic rings. The van der Waals surface area contributed by atoms with E-state index in [0.29, 0.717) is 0 Å². The Hall–Kier alpha value is -3.27. The molecule has 0 unspecified atom stereocenters. The largest absolute Gasteiger partial charge is 0.512 e. The van der Waals surface area contributed by atoms with E-state index in [1.807, 2.05) is 54.7 Å². The van der Waals surface area contributed by atoms with Crippen LogP contribution in [0.2, 0.25) is 0 Å². The zero-order valence-corrected chi connectivity index (χ0v) is 19.4. The number of hydrogen-bond donors (Lipinski definition) is 1. The van der Waals surface area contributed by atoms with Crippen LogP contribution in [0.1, 0.15) is 13.8 Å². The van der Waals surface area contributed by atoms with Crippen LogP contribution in [0, 0.1) is 6.07 Å². The number of para-hydroxylation sites is 1. The average Bonchev–Trinajstić information content (AvgIpc) is 3.13. The number of allylic oxidation sites excluding steroid dienone is 2. The standard InChI is InChI=1S/C21H12NO.C5H8O2.Ir/c1-2-6-14(7-3-1)20-16-10-11-17-15-8-4-5-9-19(15)23-21(17)18(16)12-13-22-20;1-4(6)3-5(2)7;/h1-6,8-13H;3,6H,1-2H3;/q-1;;/b;4-3-;. The van der Waals surface area contributed by atoms with Gasteiger partial charge in [0, 0.05) is 48.5 Å². The van der Waals surface area contributed by atoms with Crippen LogP contribution in [0.3, 0.4) is 0 Å². The fourth-order valence-corrected chi connectivity index (χ4v) is 3.49. The van der Waals surface area contributed by atoms with Gasteiger partial charge in [-0.1, -0.05) is 30.3 Å². The number of ketones is 1. The first kappa shape index (κ1) is 22.4. The number of fused-ring (bicyclic) bond motifs is 5. The van der Waals surface area contributed by atoms with Crippen molar-refractivity contribution >= 4 is 38.5 Å². The van der Waals surface area contributed by atoms with Gasteiger partial charge in [-0.05, 0) is 37.1 Å². The molecular weight excluding hydrogens is 567 g/mol. The van der Waals surface area contributed by atoms with Gasteiger partial charge in [-0.25, -0.2) is 0 Å². The maximum Gasteiger partial charge on any atom is 0.155 e. The van der Waals surface area contributed by atoms with Crippen LogP contribution in [0.4, 0.5) is 0 Å². The van der Waals surface area contributed by atoms with E-state index < -0.39 is 0 Å². The molecule has 3 aromatic carbocycles. The number of benzene rings is 3. The third-order valence-electron chi connectivity index (χ3n) is 4.66. The third-order valence-corrected chi connectivity index (χ3v) is 4.66. The van der Waals surface area contributed by atoms with Crippen molar-refractivity contribution in [2.45, 2.75) is 13.8 Å². The first-order valence-corrected chi connectivity index (χ1v) is 9.58. The molecule has 0 bridgehead atoms. The van der Waals surface area contributed by atoms with Gasteiger partial charge < -0.3 is 14.5 Å². The van der Waals surface area contributed by atoms with Crippen molar-refractivity contribution < 1.29 is 34.4 Å². The average molecular weight is 587 g/mol. The number of aliphatic hydroxyl groups is 1. The predicted octanol–water partition coefficient (Wildman–Crippen LogP) is 6.64. The molecule has 0 saturated heterocycles. The van der Waals surface area contributed by atoms with Crippen LogP contribution in [-0.4, -0.2) is 15.9 Å². The van der Waals surface area contributed by atoms with Crippen molar-refractivity contribution in [3.8, 4) is 11.3 Å². The Balaban J connectivity index is 0.000000299. The number of pyridine rings is 1. The van der Waals surface area contributed by atoms with E-state index >= 15 is 0 Å². The van der Waals surface area contributed by atoms with E-state index in [4.69, 9.17) is 9.52 Å². The van der Waals surface area contributed by atoms with E-state index in [0.717, 1.165) is 44.0 Å². The molecule has 0 spiro atoms.